The average Bonchev–Trinajstić information content (AvgIpc) is 2.58. The van der Waals surface area contributed by atoms with E-state index in [9.17, 15) is 9.59 Å². The molecule has 0 atom stereocenters. The molecule has 1 aliphatic rings. The van der Waals surface area contributed by atoms with E-state index in [4.69, 9.17) is 9.47 Å². The molecule has 1 aliphatic heterocycles. The summed E-state index contributed by atoms with van der Waals surface area (Å²) in [6, 6.07) is 9.60. The highest BCUT2D eigenvalue weighted by Crippen LogP contribution is 2.19. The molecule has 1 aromatic carbocycles. The summed E-state index contributed by atoms with van der Waals surface area (Å²) in [5.74, 6) is 0.142. The zero-order valence-electron chi connectivity index (χ0n) is 13.0. The number of likely N-dealkylation sites (tertiary alicyclic amines) is 1. The zero-order valence-corrected chi connectivity index (χ0v) is 13.0. The number of hydrogen-bond acceptors (Lipinski definition) is 4. The molecule has 2 rings (SSSR count). The first-order chi connectivity index (χ1) is 10.7. The quantitative estimate of drug-likeness (QED) is 0.811. The summed E-state index contributed by atoms with van der Waals surface area (Å²) in [5.41, 5.74) is 0.970. The summed E-state index contributed by atoms with van der Waals surface area (Å²) in [6.07, 6.45) is 1.07. The van der Waals surface area contributed by atoms with E-state index in [1.807, 2.05) is 37.3 Å². The maximum atomic E-state index is 12.0. The number of amides is 1. The van der Waals surface area contributed by atoms with Crippen molar-refractivity contribution in [3.05, 3.63) is 35.9 Å². The van der Waals surface area contributed by atoms with Crippen molar-refractivity contribution in [2.24, 2.45) is 5.92 Å². The van der Waals surface area contributed by atoms with Crippen molar-refractivity contribution in [3.8, 4) is 0 Å². The highest BCUT2D eigenvalue weighted by atomic mass is 16.6. The van der Waals surface area contributed by atoms with Gasteiger partial charge in [0.05, 0.1) is 0 Å². The van der Waals surface area contributed by atoms with Crippen LogP contribution in [-0.2, 0) is 20.9 Å². The molecule has 0 bridgehead atoms. The molecule has 0 aromatic heterocycles. The Labute approximate surface area is 131 Å². The van der Waals surface area contributed by atoms with Gasteiger partial charge in [0.1, 0.15) is 13.2 Å². The van der Waals surface area contributed by atoms with Crippen LogP contribution in [0.25, 0.3) is 0 Å². The summed E-state index contributed by atoms with van der Waals surface area (Å²) in [5, 5.41) is 0. The van der Waals surface area contributed by atoms with Gasteiger partial charge in [-0.1, -0.05) is 30.3 Å². The summed E-state index contributed by atoms with van der Waals surface area (Å²) in [7, 11) is 0. The van der Waals surface area contributed by atoms with E-state index in [0.29, 0.717) is 32.5 Å². The van der Waals surface area contributed by atoms with Crippen molar-refractivity contribution in [2.45, 2.75) is 26.4 Å². The number of rotatable bonds is 6. The van der Waals surface area contributed by atoms with Gasteiger partial charge in [0.2, 0.25) is 0 Å². The predicted molar refractivity (Wildman–Crippen MR) is 82.4 cm³/mol. The lowest BCUT2D eigenvalue weighted by Gasteiger charge is -2.30. The van der Waals surface area contributed by atoms with Crippen molar-refractivity contribution in [1.82, 2.24) is 4.90 Å². The Bertz CT molecular complexity index is 481. The molecule has 1 aromatic rings. The van der Waals surface area contributed by atoms with Gasteiger partial charge in [-0.05, 0) is 25.3 Å². The Kier molecular flexibility index (Phi) is 6.40. The van der Waals surface area contributed by atoms with Crippen LogP contribution in [0.2, 0.25) is 0 Å². The van der Waals surface area contributed by atoms with Crippen LogP contribution in [0, 0.1) is 5.92 Å². The van der Waals surface area contributed by atoms with Crippen LogP contribution < -0.4 is 0 Å². The number of nitrogens with zero attached hydrogens (tertiary/aromatic N) is 1. The van der Waals surface area contributed by atoms with Crippen LogP contribution in [0.3, 0.4) is 0 Å². The lowest BCUT2D eigenvalue weighted by Crippen LogP contribution is -2.41. The number of carbonyl (C=O) groups is 2. The molecule has 1 heterocycles. The lowest BCUT2D eigenvalue weighted by atomic mass is 9.93. The molecule has 22 heavy (non-hydrogen) atoms. The molecule has 0 radical (unpaired) electrons. The van der Waals surface area contributed by atoms with Crippen LogP contribution in [0.1, 0.15) is 25.3 Å². The third kappa shape index (κ3) is 4.84. The Morgan fingerprint density at radius 1 is 1.18 bits per heavy atom. The molecular formula is C17H23NO4. The van der Waals surface area contributed by atoms with Crippen LogP contribution in [0.5, 0.6) is 0 Å². The van der Waals surface area contributed by atoms with Gasteiger partial charge in [-0.15, -0.1) is 0 Å². The number of benzene rings is 1. The van der Waals surface area contributed by atoms with Crippen molar-refractivity contribution in [2.75, 3.05) is 26.3 Å². The third-order valence-corrected chi connectivity index (χ3v) is 3.86. The van der Waals surface area contributed by atoms with Crippen LogP contribution in [-0.4, -0.2) is 43.1 Å². The molecule has 120 valence electrons. The van der Waals surface area contributed by atoms with Gasteiger partial charge in [-0.25, -0.2) is 4.79 Å². The molecule has 1 saturated heterocycles. The Morgan fingerprint density at radius 2 is 1.86 bits per heavy atom. The zero-order chi connectivity index (χ0) is 15.8. The van der Waals surface area contributed by atoms with Gasteiger partial charge in [0, 0.05) is 25.6 Å². The summed E-state index contributed by atoms with van der Waals surface area (Å²) < 4.78 is 10.5. The van der Waals surface area contributed by atoms with Crippen LogP contribution in [0.4, 0.5) is 4.79 Å². The topological polar surface area (TPSA) is 55.8 Å². The maximum Gasteiger partial charge on any atom is 0.410 e. The van der Waals surface area contributed by atoms with Crippen molar-refractivity contribution < 1.29 is 19.1 Å². The Morgan fingerprint density at radius 3 is 2.50 bits per heavy atom. The van der Waals surface area contributed by atoms with E-state index < -0.39 is 0 Å². The van der Waals surface area contributed by atoms with E-state index in [2.05, 4.69) is 0 Å². The third-order valence-electron chi connectivity index (χ3n) is 3.86. The molecule has 1 amide bonds. The van der Waals surface area contributed by atoms with Crippen molar-refractivity contribution >= 4 is 11.9 Å². The van der Waals surface area contributed by atoms with Gasteiger partial charge in [0.25, 0.3) is 0 Å². The number of piperidine rings is 1. The van der Waals surface area contributed by atoms with E-state index in [1.54, 1.807) is 4.90 Å². The molecule has 0 N–H and O–H groups in total. The summed E-state index contributed by atoms with van der Waals surface area (Å²) in [6.45, 7) is 4.02. The van der Waals surface area contributed by atoms with Gasteiger partial charge in [-0.3, -0.25) is 4.79 Å². The molecule has 0 unspecified atom stereocenters. The molecule has 0 saturated carbocycles. The number of Topliss-reactive ketones (excluding diaryl/α,β-unsaturated/α-hetero) is 1. The second kappa shape index (κ2) is 8.54. The van der Waals surface area contributed by atoms with Gasteiger partial charge >= 0.3 is 6.09 Å². The summed E-state index contributed by atoms with van der Waals surface area (Å²) >= 11 is 0. The van der Waals surface area contributed by atoms with E-state index in [-0.39, 0.29) is 31.0 Å². The number of ether oxygens (including phenoxy) is 2. The lowest BCUT2D eigenvalue weighted by molar-refractivity contribution is -0.128. The standard InChI is InChI=1S/C17H23NO4/c1-2-21-13-16(19)15-8-10-18(11-9-15)17(20)22-12-14-6-4-3-5-7-14/h3-7,15H,2,8-13H2,1H3. The molecule has 5 nitrogen and oxygen atoms in total. The highest BCUT2D eigenvalue weighted by Gasteiger charge is 2.27. The highest BCUT2D eigenvalue weighted by molar-refractivity contribution is 5.82. The number of carbonyl (C=O) groups excluding carboxylic acids is 2. The minimum Gasteiger partial charge on any atom is -0.445 e. The monoisotopic (exact) mass is 305 g/mol. The smallest absolute Gasteiger partial charge is 0.410 e. The molecular weight excluding hydrogens is 282 g/mol. The summed E-state index contributed by atoms with van der Waals surface area (Å²) in [4.78, 5) is 25.6. The minimum absolute atomic E-state index is 0.00437. The predicted octanol–water partition coefficient (Wildman–Crippen LogP) is 2.64. The molecule has 1 fully saturated rings. The minimum atomic E-state index is -0.306. The Balaban J connectivity index is 1.72. The van der Waals surface area contributed by atoms with Crippen LogP contribution in [0.15, 0.2) is 30.3 Å². The first-order valence-electron chi connectivity index (χ1n) is 7.76. The Hall–Kier alpha value is -1.88. The van der Waals surface area contributed by atoms with Gasteiger partial charge in [0.15, 0.2) is 5.78 Å². The maximum absolute atomic E-state index is 12.0. The van der Waals surface area contributed by atoms with Crippen molar-refractivity contribution in [1.29, 1.82) is 0 Å². The van der Waals surface area contributed by atoms with Gasteiger partial charge < -0.3 is 14.4 Å². The normalized spacial score (nSPS) is 15.6. The second-order valence-corrected chi connectivity index (χ2v) is 5.40. The fourth-order valence-corrected chi connectivity index (χ4v) is 2.52. The second-order valence-electron chi connectivity index (χ2n) is 5.40. The van der Waals surface area contributed by atoms with E-state index in [0.717, 1.165) is 5.56 Å². The van der Waals surface area contributed by atoms with E-state index in [1.165, 1.54) is 0 Å². The SMILES string of the molecule is CCOCC(=O)C1CCN(C(=O)OCc2ccccc2)CC1. The first-order valence-corrected chi connectivity index (χ1v) is 7.76. The molecule has 0 aliphatic carbocycles. The molecule has 0 spiro atoms. The number of ketones is 1. The fourth-order valence-electron chi connectivity index (χ4n) is 2.52. The van der Waals surface area contributed by atoms with E-state index >= 15 is 0 Å². The fraction of sp³-hybridized carbons (Fsp3) is 0.529. The van der Waals surface area contributed by atoms with Crippen LogP contribution >= 0.6 is 0 Å². The van der Waals surface area contributed by atoms with Crippen molar-refractivity contribution in [3.63, 3.8) is 0 Å². The first kappa shape index (κ1) is 16.5. The largest absolute Gasteiger partial charge is 0.445 e. The molecule has 5 heteroatoms. The van der Waals surface area contributed by atoms with Gasteiger partial charge in [-0.2, -0.15) is 0 Å². The number of hydrogen-bond donors (Lipinski definition) is 0. The average molecular weight is 305 g/mol.